The average Bonchev–Trinajstić information content (AvgIpc) is 3.07. The number of ketones is 1. The molecule has 4 rings (SSSR count). The second kappa shape index (κ2) is 7.02. The van der Waals surface area contributed by atoms with Crippen LogP contribution in [0.5, 0.6) is 5.75 Å². The minimum absolute atomic E-state index is 0.100. The van der Waals surface area contributed by atoms with Gasteiger partial charge in [-0.3, -0.25) is 4.79 Å². The first-order valence-corrected chi connectivity index (χ1v) is 10.4. The molecule has 0 amide bonds. The van der Waals surface area contributed by atoms with Crippen LogP contribution in [-0.4, -0.2) is 30.2 Å². The Morgan fingerprint density at radius 2 is 1.66 bits per heavy atom. The Morgan fingerprint density at radius 3 is 2.28 bits per heavy atom. The summed E-state index contributed by atoms with van der Waals surface area (Å²) in [5, 5.41) is 0.814. The van der Waals surface area contributed by atoms with Crippen molar-refractivity contribution in [2.75, 3.05) is 0 Å². The molecule has 0 aliphatic carbocycles. The molecule has 2 aromatic carbocycles. The van der Waals surface area contributed by atoms with E-state index in [-0.39, 0.29) is 11.7 Å². The maximum atomic E-state index is 13.1. The second-order valence-electron chi connectivity index (χ2n) is 8.70. The summed E-state index contributed by atoms with van der Waals surface area (Å²) in [6.45, 7) is 10.0. The van der Waals surface area contributed by atoms with E-state index in [1.54, 1.807) is 18.2 Å². The fraction of sp³-hybridized carbons (Fsp3) is 0.409. The van der Waals surface area contributed by atoms with Crippen molar-refractivity contribution in [1.29, 1.82) is 0 Å². The summed E-state index contributed by atoms with van der Waals surface area (Å²) in [6, 6.07) is 10.7. The summed E-state index contributed by atoms with van der Waals surface area (Å²) in [4.78, 5) is 13.1. The number of carbonyl (C=O) groups is 1. The summed E-state index contributed by atoms with van der Waals surface area (Å²) in [5.41, 5.74) is 1.41. The fourth-order valence-corrected chi connectivity index (χ4v) is 4.18. The Labute approximate surface area is 181 Å². The molecule has 0 radical (unpaired) electrons. The van der Waals surface area contributed by atoms with Gasteiger partial charge in [-0.15, -0.1) is 0 Å². The molecule has 0 aromatic heterocycles. The molecule has 0 N–H and O–H groups in total. The van der Waals surface area contributed by atoms with Crippen molar-refractivity contribution in [2.24, 2.45) is 0 Å². The highest BCUT2D eigenvalue weighted by molar-refractivity contribution is 6.62. The molecule has 0 bridgehead atoms. The molecule has 2 aliphatic heterocycles. The van der Waals surface area contributed by atoms with Crippen LogP contribution in [0, 0.1) is 0 Å². The van der Waals surface area contributed by atoms with Gasteiger partial charge in [0.05, 0.1) is 16.2 Å². The van der Waals surface area contributed by atoms with Gasteiger partial charge in [-0.25, -0.2) is 0 Å². The monoisotopic (exact) mass is 432 g/mol. The van der Waals surface area contributed by atoms with Gasteiger partial charge in [0, 0.05) is 22.1 Å². The van der Waals surface area contributed by atoms with Crippen LogP contribution in [0.25, 0.3) is 0 Å². The van der Waals surface area contributed by atoms with Crippen molar-refractivity contribution in [3.8, 4) is 5.75 Å². The van der Waals surface area contributed by atoms with Gasteiger partial charge in [0.2, 0.25) is 5.78 Å². The summed E-state index contributed by atoms with van der Waals surface area (Å²) in [5.74, 6) is 0.414. The van der Waals surface area contributed by atoms with Crippen molar-refractivity contribution in [3.05, 3.63) is 57.6 Å². The Balaban J connectivity index is 1.59. The summed E-state index contributed by atoms with van der Waals surface area (Å²) >= 11 is 12.2. The first-order chi connectivity index (χ1) is 13.5. The lowest BCUT2D eigenvalue weighted by molar-refractivity contribution is 0.00578. The van der Waals surface area contributed by atoms with Crippen LogP contribution in [0.1, 0.15) is 56.5 Å². The molecule has 2 aromatic rings. The smallest absolute Gasteiger partial charge is 0.481 e. The van der Waals surface area contributed by atoms with Crippen molar-refractivity contribution in [1.82, 2.24) is 0 Å². The van der Waals surface area contributed by atoms with E-state index in [1.165, 1.54) is 0 Å². The second-order valence-corrected chi connectivity index (χ2v) is 9.54. The fourth-order valence-electron chi connectivity index (χ4n) is 3.68. The SMILES string of the molecule is CC1c2ccc(B3OC(C)(C)C(C)(C)O3)cc2OC1C(=O)c1ccc(Cl)cc1Cl. The molecule has 152 valence electrons. The Morgan fingerprint density at radius 1 is 1.00 bits per heavy atom. The third-order valence-corrected chi connectivity index (χ3v) is 6.76. The van der Waals surface area contributed by atoms with Crippen LogP contribution in [0.4, 0.5) is 0 Å². The van der Waals surface area contributed by atoms with Crippen molar-refractivity contribution >= 4 is 41.6 Å². The maximum Gasteiger partial charge on any atom is 0.494 e. The zero-order chi connectivity index (χ0) is 21.1. The third kappa shape index (κ3) is 3.48. The van der Waals surface area contributed by atoms with Gasteiger partial charge < -0.3 is 14.0 Å². The Kier molecular flexibility index (Phi) is 5.02. The number of rotatable bonds is 3. The van der Waals surface area contributed by atoms with E-state index in [4.69, 9.17) is 37.2 Å². The number of hydrogen-bond donors (Lipinski definition) is 0. The van der Waals surface area contributed by atoms with E-state index in [0.29, 0.717) is 21.4 Å². The van der Waals surface area contributed by atoms with E-state index in [0.717, 1.165) is 11.0 Å². The highest BCUT2D eigenvalue weighted by Crippen LogP contribution is 2.41. The lowest BCUT2D eigenvalue weighted by Crippen LogP contribution is -2.41. The molecule has 4 nitrogen and oxygen atoms in total. The lowest BCUT2D eigenvalue weighted by Gasteiger charge is -2.32. The van der Waals surface area contributed by atoms with Crippen LogP contribution in [0.15, 0.2) is 36.4 Å². The molecule has 2 unspecified atom stereocenters. The van der Waals surface area contributed by atoms with Crippen LogP contribution in [-0.2, 0) is 9.31 Å². The molecule has 2 aliphatic rings. The summed E-state index contributed by atoms with van der Waals surface area (Å²) in [6.07, 6.45) is -0.641. The maximum absolute atomic E-state index is 13.1. The largest absolute Gasteiger partial charge is 0.494 e. The summed E-state index contributed by atoms with van der Waals surface area (Å²) < 4.78 is 18.3. The normalized spacial score (nSPS) is 24.3. The van der Waals surface area contributed by atoms with E-state index in [9.17, 15) is 4.79 Å². The molecular weight excluding hydrogens is 410 g/mol. The number of fused-ring (bicyclic) bond motifs is 1. The van der Waals surface area contributed by atoms with Crippen LogP contribution in [0.2, 0.25) is 10.0 Å². The quantitative estimate of drug-likeness (QED) is 0.503. The topological polar surface area (TPSA) is 44.8 Å². The van der Waals surface area contributed by atoms with E-state index >= 15 is 0 Å². The molecular formula is C22H23BCl2O4. The highest BCUT2D eigenvalue weighted by Gasteiger charge is 2.52. The molecule has 0 saturated carbocycles. The predicted molar refractivity (Wildman–Crippen MR) is 116 cm³/mol. The number of carbonyl (C=O) groups excluding carboxylic acids is 1. The molecule has 2 atom stereocenters. The first-order valence-electron chi connectivity index (χ1n) is 9.65. The van der Waals surface area contributed by atoms with Gasteiger partial charge in [0.15, 0.2) is 6.10 Å². The molecule has 1 fully saturated rings. The van der Waals surface area contributed by atoms with E-state index < -0.39 is 24.4 Å². The van der Waals surface area contributed by atoms with Crippen LogP contribution >= 0.6 is 23.2 Å². The Bertz CT molecular complexity index is 973. The van der Waals surface area contributed by atoms with Gasteiger partial charge >= 0.3 is 7.12 Å². The molecule has 7 heteroatoms. The first kappa shape index (κ1) is 20.7. The van der Waals surface area contributed by atoms with Gasteiger partial charge in [0.25, 0.3) is 0 Å². The molecule has 2 heterocycles. The number of halogens is 2. The molecule has 1 saturated heterocycles. The van der Waals surface area contributed by atoms with Crippen molar-refractivity contribution < 1.29 is 18.8 Å². The number of Topliss-reactive ketones (excluding diaryl/α,β-unsaturated/α-hetero) is 1. The Hall–Kier alpha value is -1.53. The number of ether oxygens (including phenoxy) is 1. The van der Waals surface area contributed by atoms with Gasteiger partial charge in [-0.05, 0) is 57.4 Å². The lowest BCUT2D eigenvalue weighted by atomic mass is 9.78. The zero-order valence-electron chi connectivity index (χ0n) is 17.1. The van der Waals surface area contributed by atoms with E-state index in [2.05, 4.69) is 0 Å². The van der Waals surface area contributed by atoms with E-state index in [1.807, 2.05) is 52.8 Å². The number of hydrogen-bond acceptors (Lipinski definition) is 4. The predicted octanol–water partition coefficient (Wildman–Crippen LogP) is 5.04. The number of benzene rings is 2. The van der Waals surface area contributed by atoms with Gasteiger partial charge in [0.1, 0.15) is 5.75 Å². The standard InChI is InChI=1S/C22H23BCl2O4/c1-12-15-8-6-13(23-28-21(2,3)22(4,5)29-23)10-18(15)27-20(12)19(26)16-9-7-14(24)11-17(16)25/h6-12,20H,1-5H3. The van der Waals surface area contributed by atoms with Gasteiger partial charge in [-0.2, -0.15) is 0 Å². The average molecular weight is 433 g/mol. The molecule has 29 heavy (non-hydrogen) atoms. The minimum atomic E-state index is -0.641. The molecule has 0 spiro atoms. The highest BCUT2D eigenvalue weighted by atomic mass is 35.5. The van der Waals surface area contributed by atoms with Crippen molar-refractivity contribution in [3.63, 3.8) is 0 Å². The van der Waals surface area contributed by atoms with Crippen LogP contribution < -0.4 is 10.2 Å². The summed E-state index contributed by atoms with van der Waals surface area (Å²) in [7, 11) is -0.482. The zero-order valence-corrected chi connectivity index (χ0v) is 18.6. The van der Waals surface area contributed by atoms with Crippen LogP contribution in [0.3, 0.4) is 0 Å². The van der Waals surface area contributed by atoms with Crippen molar-refractivity contribution in [2.45, 2.75) is 57.8 Å². The third-order valence-electron chi connectivity index (χ3n) is 6.22. The van der Waals surface area contributed by atoms with Gasteiger partial charge in [-0.1, -0.05) is 42.3 Å². The minimum Gasteiger partial charge on any atom is -0.481 e.